The summed E-state index contributed by atoms with van der Waals surface area (Å²) in [4.78, 5) is 13.8. The van der Waals surface area contributed by atoms with Crippen molar-refractivity contribution in [2.24, 2.45) is 17.8 Å². The third kappa shape index (κ3) is 3.53. The van der Waals surface area contributed by atoms with Crippen LogP contribution in [0.4, 0.5) is 0 Å². The molecule has 1 amide bonds. The van der Waals surface area contributed by atoms with Crippen LogP contribution in [0.25, 0.3) is 0 Å². The molecule has 3 atom stereocenters. The molecule has 0 spiro atoms. The predicted molar refractivity (Wildman–Crippen MR) is 80.0 cm³/mol. The van der Waals surface area contributed by atoms with Crippen LogP contribution in [-0.4, -0.2) is 17.4 Å². The smallest absolute Gasteiger partial charge is 0.219 e. The third-order valence-electron chi connectivity index (χ3n) is 4.40. The van der Waals surface area contributed by atoms with Gasteiger partial charge < -0.3 is 9.32 Å². The molecule has 3 heteroatoms. The molecule has 0 N–H and O–H groups in total. The standard InChI is InChI=1S/C17H25NO2/c1-12-8-13(2)17(14(3)9-12)11-18(15(4)19)10-16-6-5-7-20-16/h5-8,13-14,17H,9-11H2,1-4H3/t13?,14-,17+/m0/s1. The maximum absolute atomic E-state index is 11.9. The summed E-state index contributed by atoms with van der Waals surface area (Å²) < 4.78 is 5.37. The van der Waals surface area contributed by atoms with Gasteiger partial charge in [0.25, 0.3) is 0 Å². The van der Waals surface area contributed by atoms with Crippen LogP contribution in [0.15, 0.2) is 34.5 Å². The summed E-state index contributed by atoms with van der Waals surface area (Å²) in [5, 5.41) is 0. The number of amides is 1. The Labute approximate surface area is 121 Å². The molecule has 1 aromatic heterocycles. The number of carbonyl (C=O) groups excluding carboxylic acids is 1. The van der Waals surface area contributed by atoms with Crippen LogP contribution in [0.3, 0.4) is 0 Å². The minimum Gasteiger partial charge on any atom is -0.467 e. The molecule has 3 nitrogen and oxygen atoms in total. The topological polar surface area (TPSA) is 33.5 Å². The SMILES string of the molecule is CC(=O)N(Cc1ccco1)C[C@@H]1C(C)C=C(C)C[C@@H]1C. The minimum atomic E-state index is 0.118. The maximum atomic E-state index is 11.9. The highest BCUT2D eigenvalue weighted by Gasteiger charge is 2.29. The van der Waals surface area contributed by atoms with E-state index in [9.17, 15) is 4.79 Å². The van der Waals surface area contributed by atoms with Crippen molar-refractivity contribution in [3.05, 3.63) is 35.8 Å². The molecule has 1 aliphatic carbocycles. The van der Waals surface area contributed by atoms with Crippen molar-refractivity contribution in [1.29, 1.82) is 0 Å². The lowest BCUT2D eigenvalue weighted by Crippen LogP contribution is -2.38. The lowest BCUT2D eigenvalue weighted by molar-refractivity contribution is -0.130. The number of nitrogens with zero attached hydrogens (tertiary/aromatic N) is 1. The fourth-order valence-electron chi connectivity index (χ4n) is 3.31. The number of hydrogen-bond acceptors (Lipinski definition) is 2. The van der Waals surface area contributed by atoms with Gasteiger partial charge in [-0.05, 0) is 43.2 Å². The van der Waals surface area contributed by atoms with Gasteiger partial charge in [-0.3, -0.25) is 4.79 Å². The summed E-state index contributed by atoms with van der Waals surface area (Å²) >= 11 is 0. The second kappa shape index (κ2) is 6.29. The number of hydrogen-bond donors (Lipinski definition) is 0. The molecule has 0 bridgehead atoms. The maximum Gasteiger partial charge on any atom is 0.219 e. The van der Waals surface area contributed by atoms with Crippen molar-refractivity contribution in [2.75, 3.05) is 6.54 Å². The molecule has 0 fully saturated rings. The first-order chi connectivity index (χ1) is 9.47. The van der Waals surface area contributed by atoms with E-state index in [-0.39, 0.29) is 5.91 Å². The Bertz CT molecular complexity index is 475. The zero-order valence-electron chi connectivity index (χ0n) is 12.9. The highest BCUT2D eigenvalue weighted by molar-refractivity contribution is 5.73. The van der Waals surface area contributed by atoms with E-state index in [4.69, 9.17) is 4.42 Å². The first-order valence-corrected chi connectivity index (χ1v) is 7.42. The number of carbonyl (C=O) groups is 1. The second-order valence-corrected chi connectivity index (χ2v) is 6.20. The molecule has 2 rings (SSSR count). The van der Waals surface area contributed by atoms with Gasteiger partial charge in [-0.2, -0.15) is 0 Å². The summed E-state index contributed by atoms with van der Waals surface area (Å²) in [7, 11) is 0. The molecular weight excluding hydrogens is 250 g/mol. The van der Waals surface area contributed by atoms with Gasteiger partial charge in [0.15, 0.2) is 0 Å². The molecule has 0 radical (unpaired) electrons. The van der Waals surface area contributed by atoms with Crippen molar-refractivity contribution in [1.82, 2.24) is 4.90 Å². The average molecular weight is 275 g/mol. The molecule has 0 aliphatic heterocycles. The molecule has 1 aliphatic rings. The number of furan rings is 1. The molecule has 1 aromatic rings. The van der Waals surface area contributed by atoms with E-state index in [2.05, 4.69) is 26.8 Å². The largest absolute Gasteiger partial charge is 0.467 e. The van der Waals surface area contributed by atoms with Gasteiger partial charge in [-0.15, -0.1) is 0 Å². The highest BCUT2D eigenvalue weighted by Crippen LogP contribution is 2.34. The normalized spacial score (nSPS) is 26.2. The molecule has 0 saturated heterocycles. The number of rotatable bonds is 4. The summed E-state index contributed by atoms with van der Waals surface area (Å²) in [6, 6.07) is 3.79. The monoisotopic (exact) mass is 275 g/mol. The van der Waals surface area contributed by atoms with Gasteiger partial charge in [-0.25, -0.2) is 0 Å². The summed E-state index contributed by atoms with van der Waals surface area (Å²) in [5.41, 5.74) is 1.47. The average Bonchev–Trinajstić information content (AvgIpc) is 2.84. The van der Waals surface area contributed by atoms with Crippen molar-refractivity contribution < 1.29 is 9.21 Å². The van der Waals surface area contributed by atoms with Crippen molar-refractivity contribution in [3.63, 3.8) is 0 Å². The fourth-order valence-corrected chi connectivity index (χ4v) is 3.31. The van der Waals surface area contributed by atoms with E-state index >= 15 is 0 Å². The van der Waals surface area contributed by atoms with Gasteiger partial charge in [0.05, 0.1) is 12.8 Å². The van der Waals surface area contributed by atoms with Crippen molar-refractivity contribution in [3.8, 4) is 0 Å². The van der Waals surface area contributed by atoms with Crippen LogP contribution in [0.5, 0.6) is 0 Å². The Morgan fingerprint density at radius 1 is 1.45 bits per heavy atom. The molecular formula is C17H25NO2. The van der Waals surface area contributed by atoms with Gasteiger partial charge in [0.1, 0.15) is 5.76 Å². The second-order valence-electron chi connectivity index (χ2n) is 6.20. The summed E-state index contributed by atoms with van der Waals surface area (Å²) in [5.74, 6) is 2.64. The van der Waals surface area contributed by atoms with E-state index in [1.165, 1.54) is 5.57 Å². The van der Waals surface area contributed by atoms with Gasteiger partial charge in [-0.1, -0.05) is 25.5 Å². The molecule has 110 valence electrons. The van der Waals surface area contributed by atoms with Crippen LogP contribution in [-0.2, 0) is 11.3 Å². The lowest BCUT2D eigenvalue weighted by Gasteiger charge is -2.36. The molecule has 1 heterocycles. The first-order valence-electron chi connectivity index (χ1n) is 7.42. The molecule has 1 unspecified atom stereocenters. The highest BCUT2D eigenvalue weighted by atomic mass is 16.3. The Morgan fingerprint density at radius 3 is 2.75 bits per heavy atom. The van der Waals surface area contributed by atoms with Crippen LogP contribution in [0.1, 0.15) is 39.9 Å². The van der Waals surface area contributed by atoms with E-state index in [1.807, 2.05) is 17.0 Å². The van der Waals surface area contributed by atoms with Crippen molar-refractivity contribution >= 4 is 5.91 Å². The minimum absolute atomic E-state index is 0.118. The van der Waals surface area contributed by atoms with Crippen LogP contribution in [0, 0.1) is 17.8 Å². The summed E-state index contributed by atoms with van der Waals surface area (Å²) in [6.45, 7) is 9.78. The molecule has 0 saturated carbocycles. The van der Waals surface area contributed by atoms with E-state index in [0.717, 1.165) is 18.7 Å². The van der Waals surface area contributed by atoms with E-state index in [0.29, 0.717) is 24.3 Å². The van der Waals surface area contributed by atoms with E-state index < -0.39 is 0 Å². The zero-order chi connectivity index (χ0) is 14.7. The van der Waals surface area contributed by atoms with Gasteiger partial charge in [0.2, 0.25) is 5.91 Å². The predicted octanol–water partition coefficient (Wildman–Crippen LogP) is 3.87. The van der Waals surface area contributed by atoms with Crippen LogP contribution < -0.4 is 0 Å². The lowest BCUT2D eigenvalue weighted by atomic mass is 9.75. The van der Waals surface area contributed by atoms with E-state index in [1.54, 1.807) is 13.2 Å². The molecule has 20 heavy (non-hydrogen) atoms. The van der Waals surface area contributed by atoms with Crippen LogP contribution in [0.2, 0.25) is 0 Å². The Balaban J connectivity index is 2.06. The quantitative estimate of drug-likeness (QED) is 0.782. The van der Waals surface area contributed by atoms with Gasteiger partial charge in [0, 0.05) is 13.5 Å². The fraction of sp³-hybridized carbons (Fsp3) is 0.588. The molecule has 0 aromatic carbocycles. The Morgan fingerprint density at radius 2 is 2.20 bits per heavy atom. The number of allylic oxidation sites excluding steroid dienone is 2. The zero-order valence-corrected chi connectivity index (χ0v) is 12.9. The Hall–Kier alpha value is -1.51. The summed E-state index contributed by atoms with van der Waals surface area (Å²) in [6.07, 6.45) is 5.16. The third-order valence-corrected chi connectivity index (χ3v) is 4.40. The Kier molecular flexibility index (Phi) is 4.69. The van der Waals surface area contributed by atoms with Gasteiger partial charge >= 0.3 is 0 Å². The van der Waals surface area contributed by atoms with Crippen LogP contribution >= 0.6 is 0 Å². The van der Waals surface area contributed by atoms with Crippen molar-refractivity contribution in [2.45, 2.75) is 40.7 Å². The first kappa shape index (κ1) is 14.9.